The van der Waals surface area contributed by atoms with Gasteiger partial charge in [0.05, 0.1) is 13.5 Å². The summed E-state index contributed by atoms with van der Waals surface area (Å²) in [5.74, 6) is -4.39. The lowest BCUT2D eigenvalue weighted by Gasteiger charge is -2.33. The van der Waals surface area contributed by atoms with Crippen molar-refractivity contribution in [2.24, 2.45) is 5.73 Å². The Labute approximate surface area is 341 Å². The number of nitrogens with one attached hydrogen (secondary N) is 5. The number of primary amides is 1. The molecule has 4 aromatic carbocycles. The van der Waals surface area contributed by atoms with Crippen molar-refractivity contribution in [1.29, 1.82) is 0 Å². The molecule has 0 bridgehead atoms. The summed E-state index contributed by atoms with van der Waals surface area (Å²) in [6.07, 6.45) is -0.160. The van der Waals surface area contributed by atoms with E-state index in [4.69, 9.17) is 15.2 Å². The van der Waals surface area contributed by atoms with Crippen molar-refractivity contribution in [3.63, 3.8) is 0 Å². The van der Waals surface area contributed by atoms with Gasteiger partial charge in [0.1, 0.15) is 35.0 Å². The van der Waals surface area contributed by atoms with Crippen LogP contribution in [0.3, 0.4) is 0 Å². The SMILES string of the molecule is COc1ccc(C[C@H](NC(=O)[C@H](CC(=O)O)NC(=O)[C@](C)(Cc2ccc3ccccc3c2)NC(=O)[C@H](Cc2c[nH]c3ccccc23)NC(=O)OC(C)(C)C)C(N)=O)cc1. The van der Waals surface area contributed by atoms with Gasteiger partial charge >= 0.3 is 12.1 Å². The van der Waals surface area contributed by atoms with E-state index in [1.54, 1.807) is 57.3 Å². The van der Waals surface area contributed by atoms with Gasteiger partial charge in [-0.15, -0.1) is 0 Å². The number of nitrogens with two attached hydrogens (primary N) is 1. The van der Waals surface area contributed by atoms with Gasteiger partial charge in [-0.1, -0.05) is 72.8 Å². The van der Waals surface area contributed by atoms with E-state index in [0.717, 1.165) is 21.7 Å². The number of aromatic amines is 1. The van der Waals surface area contributed by atoms with E-state index in [1.165, 1.54) is 14.0 Å². The lowest BCUT2D eigenvalue weighted by Crippen LogP contribution is -2.64. The number of benzene rings is 4. The third kappa shape index (κ3) is 11.8. The Balaban J connectivity index is 1.46. The minimum Gasteiger partial charge on any atom is -0.497 e. The maximum absolute atomic E-state index is 14.5. The van der Waals surface area contributed by atoms with Crippen LogP contribution < -0.4 is 31.7 Å². The number of fused-ring (bicyclic) bond motifs is 2. The summed E-state index contributed by atoms with van der Waals surface area (Å²) in [7, 11) is 1.50. The molecule has 1 aromatic heterocycles. The molecule has 59 heavy (non-hydrogen) atoms. The van der Waals surface area contributed by atoms with Crippen LogP contribution in [-0.2, 0) is 48.0 Å². The number of carbonyl (C=O) groups excluding carboxylic acids is 5. The Hall–Kier alpha value is -6.90. The van der Waals surface area contributed by atoms with Gasteiger partial charge in [-0.3, -0.25) is 24.0 Å². The molecule has 310 valence electrons. The Morgan fingerprint density at radius 1 is 0.746 bits per heavy atom. The van der Waals surface area contributed by atoms with E-state index in [9.17, 15) is 33.9 Å². The van der Waals surface area contributed by atoms with Crippen LogP contribution in [0.4, 0.5) is 4.79 Å². The first kappa shape index (κ1) is 43.2. The summed E-state index contributed by atoms with van der Waals surface area (Å²) >= 11 is 0. The molecule has 0 aliphatic heterocycles. The summed E-state index contributed by atoms with van der Waals surface area (Å²) < 4.78 is 10.7. The molecule has 15 nitrogen and oxygen atoms in total. The number of carboxylic acid groups (broad SMARTS) is 1. The first-order valence-electron chi connectivity index (χ1n) is 19.0. The summed E-state index contributed by atoms with van der Waals surface area (Å²) in [6.45, 7) is 6.49. The van der Waals surface area contributed by atoms with E-state index in [-0.39, 0.29) is 19.3 Å². The Bertz CT molecular complexity index is 2330. The molecule has 5 rings (SSSR count). The lowest BCUT2D eigenvalue weighted by molar-refractivity contribution is -0.142. The number of amides is 5. The van der Waals surface area contributed by atoms with Gasteiger partial charge in [-0.2, -0.15) is 0 Å². The number of H-pyrrole nitrogens is 1. The number of aliphatic carboxylic acids is 1. The van der Waals surface area contributed by atoms with Crippen molar-refractivity contribution in [1.82, 2.24) is 26.3 Å². The van der Waals surface area contributed by atoms with Gasteiger partial charge in [0, 0.05) is 36.4 Å². The molecular weight excluding hydrogens is 757 g/mol. The Kier molecular flexibility index (Phi) is 13.6. The molecule has 0 aliphatic carbocycles. The molecule has 0 radical (unpaired) electrons. The number of hydrogen-bond donors (Lipinski definition) is 7. The molecule has 8 N–H and O–H groups in total. The topological polar surface area (TPSA) is 231 Å². The Morgan fingerprint density at radius 3 is 2.07 bits per heavy atom. The predicted octanol–water partition coefficient (Wildman–Crippen LogP) is 4.06. The van der Waals surface area contributed by atoms with Crippen LogP contribution in [0.5, 0.6) is 5.75 Å². The lowest BCUT2D eigenvalue weighted by atomic mass is 9.89. The van der Waals surface area contributed by atoms with Crippen molar-refractivity contribution < 1.29 is 43.3 Å². The summed E-state index contributed by atoms with van der Waals surface area (Å²) in [6, 6.07) is 23.0. The second-order valence-corrected chi connectivity index (χ2v) is 15.6. The number of aromatic nitrogens is 1. The minimum absolute atomic E-state index is 0.00445. The number of rotatable bonds is 17. The molecule has 0 saturated heterocycles. The first-order valence-corrected chi connectivity index (χ1v) is 19.0. The van der Waals surface area contributed by atoms with E-state index in [1.807, 2.05) is 60.7 Å². The van der Waals surface area contributed by atoms with Crippen LogP contribution in [-0.4, -0.2) is 82.2 Å². The second-order valence-electron chi connectivity index (χ2n) is 15.6. The second kappa shape index (κ2) is 18.6. The first-order chi connectivity index (χ1) is 27.9. The smallest absolute Gasteiger partial charge is 0.408 e. The van der Waals surface area contributed by atoms with Crippen LogP contribution in [0.15, 0.2) is 97.2 Å². The van der Waals surface area contributed by atoms with E-state index < -0.39 is 71.4 Å². The fourth-order valence-corrected chi connectivity index (χ4v) is 6.67. The molecule has 0 saturated carbocycles. The monoisotopic (exact) mass is 806 g/mol. The minimum atomic E-state index is -1.85. The van der Waals surface area contributed by atoms with Crippen molar-refractivity contribution in [2.75, 3.05) is 7.11 Å². The van der Waals surface area contributed by atoms with Crippen LogP contribution >= 0.6 is 0 Å². The maximum Gasteiger partial charge on any atom is 0.408 e. The zero-order valence-corrected chi connectivity index (χ0v) is 33.6. The van der Waals surface area contributed by atoms with Crippen molar-refractivity contribution in [3.8, 4) is 5.75 Å². The van der Waals surface area contributed by atoms with Gasteiger partial charge in [-0.25, -0.2) is 4.79 Å². The highest BCUT2D eigenvalue weighted by atomic mass is 16.6. The number of ether oxygens (including phenoxy) is 2. The molecule has 0 unspecified atom stereocenters. The summed E-state index contributed by atoms with van der Waals surface area (Å²) in [5.41, 5.74) is 5.67. The van der Waals surface area contributed by atoms with Gasteiger partial charge in [0.2, 0.25) is 23.6 Å². The molecule has 4 atom stereocenters. The zero-order valence-electron chi connectivity index (χ0n) is 33.6. The van der Waals surface area contributed by atoms with E-state index in [0.29, 0.717) is 22.4 Å². The van der Waals surface area contributed by atoms with Crippen molar-refractivity contribution >= 4 is 57.4 Å². The van der Waals surface area contributed by atoms with Crippen molar-refractivity contribution in [3.05, 3.63) is 114 Å². The van der Waals surface area contributed by atoms with Gasteiger partial charge < -0.3 is 46.6 Å². The van der Waals surface area contributed by atoms with Gasteiger partial charge in [-0.05, 0) is 73.4 Å². The molecule has 5 amide bonds. The largest absolute Gasteiger partial charge is 0.497 e. The number of carbonyl (C=O) groups is 6. The predicted molar refractivity (Wildman–Crippen MR) is 221 cm³/mol. The van der Waals surface area contributed by atoms with E-state index >= 15 is 0 Å². The third-order valence-corrected chi connectivity index (χ3v) is 9.64. The van der Waals surface area contributed by atoms with Gasteiger partial charge in [0.15, 0.2) is 0 Å². The van der Waals surface area contributed by atoms with Gasteiger partial charge in [0.25, 0.3) is 0 Å². The average Bonchev–Trinajstić information content (AvgIpc) is 3.58. The van der Waals surface area contributed by atoms with Crippen LogP contribution in [0.1, 0.15) is 50.8 Å². The Morgan fingerprint density at radius 2 is 1.41 bits per heavy atom. The standard InChI is InChI=1S/C44H50N6O9/c1-43(2,3)59-42(57)49-35(22-30-25-46-33-13-9-8-12-32(30)33)40(55)50-44(4,24-27-14-17-28-10-6-7-11-29(28)20-27)41(56)48-36(23-37(51)52)39(54)47-34(38(45)53)21-26-15-18-31(58-5)19-16-26/h6-20,25,34-36,46H,21-24H2,1-5H3,(H2,45,53)(H,47,54)(H,48,56)(H,49,57)(H,50,55)(H,51,52)/t34-,35-,36-,44-/m0/s1. The highest BCUT2D eigenvalue weighted by molar-refractivity contribution is 5.99. The molecule has 0 aliphatic rings. The molecular formula is C44H50N6O9. The number of carboxylic acids is 1. The fourth-order valence-electron chi connectivity index (χ4n) is 6.67. The highest BCUT2D eigenvalue weighted by Gasteiger charge is 2.40. The zero-order chi connectivity index (χ0) is 42.9. The van der Waals surface area contributed by atoms with Crippen LogP contribution in [0.2, 0.25) is 0 Å². The third-order valence-electron chi connectivity index (χ3n) is 9.64. The maximum atomic E-state index is 14.5. The van der Waals surface area contributed by atoms with Crippen LogP contribution in [0.25, 0.3) is 21.7 Å². The quantitative estimate of drug-likeness (QED) is 0.0718. The molecule has 0 fully saturated rings. The number of hydrogen-bond acceptors (Lipinski definition) is 8. The number of methoxy groups -OCH3 is 1. The fraction of sp³-hybridized carbons (Fsp3) is 0.318. The molecule has 15 heteroatoms. The average molecular weight is 807 g/mol. The highest BCUT2D eigenvalue weighted by Crippen LogP contribution is 2.23. The number of para-hydroxylation sites is 1. The summed E-state index contributed by atoms with van der Waals surface area (Å²) in [5, 5.41) is 22.9. The van der Waals surface area contributed by atoms with E-state index in [2.05, 4.69) is 26.3 Å². The molecule has 1 heterocycles. The summed E-state index contributed by atoms with van der Waals surface area (Å²) in [4.78, 5) is 83.6. The molecule has 5 aromatic rings. The normalized spacial score (nSPS) is 13.9. The van der Waals surface area contributed by atoms with Crippen LogP contribution in [0, 0.1) is 0 Å². The number of alkyl carbamates (subject to hydrolysis) is 1. The van der Waals surface area contributed by atoms with Crippen molar-refractivity contribution in [2.45, 2.75) is 82.6 Å². The molecule has 0 spiro atoms.